The Hall–Kier alpha value is -3.07. The minimum Gasteiger partial charge on any atom is -0.207 e. The molecule has 0 saturated carbocycles. The van der Waals surface area contributed by atoms with Gasteiger partial charge in [-0.1, -0.05) is 68.7 Å². The molecule has 0 saturated heterocycles. The smallest absolute Gasteiger partial charge is 0.134 e. The highest BCUT2D eigenvalue weighted by Gasteiger charge is 2.14. The predicted molar refractivity (Wildman–Crippen MR) is 123 cm³/mol. The molecule has 0 aliphatic carbocycles. The van der Waals surface area contributed by atoms with Crippen molar-refractivity contribution < 1.29 is 13.2 Å². The van der Waals surface area contributed by atoms with E-state index in [1.807, 2.05) is 18.2 Å². The zero-order valence-corrected chi connectivity index (χ0v) is 17.6. The van der Waals surface area contributed by atoms with Crippen LogP contribution in [0.2, 0.25) is 0 Å². The lowest BCUT2D eigenvalue weighted by Gasteiger charge is -2.10. The van der Waals surface area contributed by atoms with Crippen LogP contribution in [-0.2, 0) is 6.42 Å². The number of rotatable bonds is 7. The second kappa shape index (κ2) is 9.38. The summed E-state index contributed by atoms with van der Waals surface area (Å²) in [6.07, 6.45) is 6.00. The van der Waals surface area contributed by atoms with Crippen LogP contribution in [0.4, 0.5) is 13.2 Å². The standard InChI is InChI=1S/C28H25F3/c1-2-3-4-5-6-19-7-8-22-16-23(10-9-21(22)15-19)24-17-26(30)28(27(31)18-24)20-11-13-25(29)14-12-20/h7-18H,2-6H2,1H3. The Bertz CT molecular complexity index is 1170. The van der Waals surface area contributed by atoms with Gasteiger partial charge in [0, 0.05) is 0 Å². The van der Waals surface area contributed by atoms with Gasteiger partial charge in [0.1, 0.15) is 17.5 Å². The molecule has 158 valence electrons. The van der Waals surface area contributed by atoms with Gasteiger partial charge in [-0.25, -0.2) is 13.2 Å². The van der Waals surface area contributed by atoms with E-state index in [2.05, 4.69) is 25.1 Å². The SMILES string of the molecule is CCCCCCc1ccc2cc(-c3cc(F)c(-c4ccc(F)cc4)c(F)c3)ccc2c1. The van der Waals surface area contributed by atoms with Crippen LogP contribution in [0.5, 0.6) is 0 Å². The first-order chi connectivity index (χ1) is 15.0. The van der Waals surface area contributed by atoms with Crippen LogP contribution in [0, 0.1) is 17.5 Å². The minimum absolute atomic E-state index is 0.141. The molecule has 0 atom stereocenters. The van der Waals surface area contributed by atoms with Crippen molar-refractivity contribution in [2.45, 2.75) is 39.0 Å². The summed E-state index contributed by atoms with van der Waals surface area (Å²) in [5, 5.41) is 2.17. The monoisotopic (exact) mass is 418 g/mol. The minimum atomic E-state index is -0.663. The summed E-state index contributed by atoms with van der Waals surface area (Å²) in [6, 6.07) is 20.1. The highest BCUT2D eigenvalue weighted by Crippen LogP contribution is 2.32. The van der Waals surface area contributed by atoms with Crippen LogP contribution < -0.4 is 0 Å². The first-order valence-electron chi connectivity index (χ1n) is 10.8. The third-order valence-electron chi connectivity index (χ3n) is 5.73. The van der Waals surface area contributed by atoms with Gasteiger partial charge in [-0.15, -0.1) is 0 Å². The molecule has 0 radical (unpaired) electrons. The zero-order valence-electron chi connectivity index (χ0n) is 17.6. The van der Waals surface area contributed by atoms with Crippen molar-refractivity contribution in [2.75, 3.05) is 0 Å². The van der Waals surface area contributed by atoms with Gasteiger partial charge in [-0.05, 0) is 76.2 Å². The first kappa shape index (κ1) is 21.2. The quantitative estimate of drug-likeness (QED) is 0.263. The molecular formula is C28H25F3. The lowest BCUT2D eigenvalue weighted by Crippen LogP contribution is -1.93. The number of hydrogen-bond donors (Lipinski definition) is 0. The molecule has 31 heavy (non-hydrogen) atoms. The normalized spacial score (nSPS) is 11.2. The van der Waals surface area contributed by atoms with Crippen LogP contribution in [0.1, 0.15) is 38.2 Å². The Kier molecular flexibility index (Phi) is 6.41. The maximum absolute atomic E-state index is 14.8. The molecule has 4 aromatic rings. The van der Waals surface area contributed by atoms with Crippen molar-refractivity contribution in [3.05, 3.63) is 95.8 Å². The number of fused-ring (bicyclic) bond motifs is 1. The van der Waals surface area contributed by atoms with E-state index in [1.54, 1.807) is 0 Å². The molecular weight excluding hydrogens is 393 g/mol. The van der Waals surface area contributed by atoms with Crippen LogP contribution in [-0.4, -0.2) is 0 Å². The number of halogens is 3. The fourth-order valence-electron chi connectivity index (χ4n) is 4.02. The van der Waals surface area contributed by atoms with Crippen molar-refractivity contribution in [2.24, 2.45) is 0 Å². The van der Waals surface area contributed by atoms with E-state index in [0.29, 0.717) is 11.1 Å². The molecule has 3 heteroatoms. The Balaban J connectivity index is 1.61. The maximum Gasteiger partial charge on any atom is 0.134 e. The van der Waals surface area contributed by atoms with Gasteiger partial charge >= 0.3 is 0 Å². The van der Waals surface area contributed by atoms with Gasteiger partial charge in [0.25, 0.3) is 0 Å². The first-order valence-corrected chi connectivity index (χ1v) is 10.8. The molecule has 0 aliphatic rings. The van der Waals surface area contributed by atoms with Gasteiger partial charge in [-0.3, -0.25) is 0 Å². The summed E-state index contributed by atoms with van der Waals surface area (Å²) < 4.78 is 42.7. The van der Waals surface area contributed by atoms with Crippen molar-refractivity contribution in [3.8, 4) is 22.3 Å². The number of aryl methyl sites for hydroxylation is 1. The molecule has 0 spiro atoms. The fourth-order valence-corrected chi connectivity index (χ4v) is 4.02. The van der Waals surface area contributed by atoms with Gasteiger partial charge in [0.15, 0.2) is 0 Å². The average Bonchev–Trinajstić information content (AvgIpc) is 2.77. The third-order valence-corrected chi connectivity index (χ3v) is 5.73. The second-order valence-corrected chi connectivity index (χ2v) is 8.03. The molecule has 4 rings (SSSR count). The Morgan fingerprint density at radius 3 is 1.94 bits per heavy atom. The van der Waals surface area contributed by atoms with Gasteiger partial charge in [0.2, 0.25) is 0 Å². The molecule has 0 bridgehead atoms. The molecule has 0 aliphatic heterocycles. The topological polar surface area (TPSA) is 0 Å². The summed E-state index contributed by atoms with van der Waals surface area (Å²) in [5.74, 6) is -1.77. The summed E-state index contributed by atoms with van der Waals surface area (Å²) >= 11 is 0. The van der Waals surface area contributed by atoms with Crippen molar-refractivity contribution in [1.29, 1.82) is 0 Å². The Labute approximate surface area is 181 Å². The average molecular weight is 419 g/mol. The lowest BCUT2D eigenvalue weighted by molar-refractivity contribution is 0.590. The molecule has 0 amide bonds. The molecule has 0 fully saturated rings. The van der Waals surface area contributed by atoms with E-state index < -0.39 is 17.5 Å². The van der Waals surface area contributed by atoms with Crippen LogP contribution in [0.15, 0.2) is 72.8 Å². The van der Waals surface area contributed by atoms with Crippen molar-refractivity contribution in [3.63, 3.8) is 0 Å². The molecule has 4 aromatic carbocycles. The Morgan fingerprint density at radius 1 is 0.581 bits per heavy atom. The van der Waals surface area contributed by atoms with E-state index in [1.165, 1.54) is 67.6 Å². The largest absolute Gasteiger partial charge is 0.207 e. The highest BCUT2D eigenvalue weighted by molar-refractivity contribution is 5.88. The second-order valence-electron chi connectivity index (χ2n) is 8.03. The van der Waals surface area contributed by atoms with Crippen molar-refractivity contribution >= 4 is 10.8 Å². The highest BCUT2D eigenvalue weighted by atomic mass is 19.1. The maximum atomic E-state index is 14.8. The predicted octanol–water partition coefficient (Wildman–Crippen LogP) is 8.71. The number of hydrogen-bond acceptors (Lipinski definition) is 0. The molecule has 0 N–H and O–H groups in total. The van der Waals surface area contributed by atoms with Crippen LogP contribution >= 0.6 is 0 Å². The van der Waals surface area contributed by atoms with Crippen LogP contribution in [0.3, 0.4) is 0 Å². The summed E-state index contributed by atoms with van der Waals surface area (Å²) in [7, 11) is 0. The van der Waals surface area contributed by atoms with E-state index in [0.717, 1.165) is 22.8 Å². The third kappa shape index (κ3) is 4.82. The van der Waals surface area contributed by atoms with E-state index in [-0.39, 0.29) is 5.56 Å². The summed E-state index contributed by atoms with van der Waals surface area (Å²) in [4.78, 5) is 0. The zero-order chi connectivity index (χ0) is 21.8. The molecule has 0 aromatic heterocycles. The molecule has 0 nitrogen and oxygen atoms in total. The van der Waals surface area contributed by atoms with Gasteiger partial charge in [-0.2, -0.15) is 0 Å². The summed E-state index contributed by atoms with van der Waals surface area (Å²) in [6.45, 7) is 2.21. The van der Waals surface area contributed by atoms with Crippen LogP contribution in [0.25, 0.3) is 33.0 Å². The molecule has 0 unspecified atom stereocenters. The number of benzene rings is 4. The summed E-state index contributed by atoms with van der Waals surface area (Å²) in [5.41, 5.74) is 2.72. The van der Waals surface area contributed by atoms with E-state index in [9.17, 15) is 13.2 Å². The van der Waals surface area contributed by atoms with Crippen molar-refractivity contribution in [1.82, 2.24) is 0 Å². The lowest BCUT2D eigenvalue weighted by atomic mass is 9.96. The van der Waals surface area contributed by atoms with E-state index in [4.69, 9.17) is 0 Å². The fraction of sp³-hybridized carbons (Fsp3) is 0.214. The van der Waals surface area contributed by atoms with Gasteiger partial charge < -0.3 is 0 Å². The van der Waals surface area contributed by atoms with Gasteiger partial charge in [0.05, 0.1) is 5.56 Å². The number of unbranched alkanes of at least 4 members (excludes halogenated alkanes) is 3. The molecule has 0 heterocycles. The van der Waals surface area contributed by atoms with E-state index >= 15 is 0 Å². The Morgan fingerprint density at radius 2 is 1.23 bits per heavy atom.